The van der Waals surface area contributed by atoms with Crippen molar-refractivity contribution in [1.29, 1.82) is 0 Å². The summed E-state index contributed by atoms with van der Waals surface area (Å²) < 4.78 is 5.12. The van der Waals surface area contributed by atoms with Crippen LogP contribution < -0.4 is 0 Å². The maximum absolute atomic E-state index is 11.5. The Morgan fingerprint density at radius 3 is 2.00 bits per heavy atom. The third kappa shape index (κ3) is 4.11. The zero-order chi connectivity index (χ0) is 10.6. The van der Waals surface area contributed by atoms with Gasteiger partial charge in [0.1, 0.15) is 0 Å². The molecular weight excluding hydrogens is 164 g/mol. The van der Waals surface area contributed by atoms with E-state index in [1.54, 1.807) is 0 Å². The lowest BCUT2D eigenvalue weighted by molar-refractivity contribution is -0.143. The highest BCUT2D eigenvalue weighted by atomic mass is 16.5. The number of ether oxygens (including phenoxy) is 1. The maximum atomic E-state index is 11.5. The summed E-state index contributed by atoms with van der Waals surface area (Å²) in [6, 6.07) is 0. The summed E-state index contributed by atoms with van der Waals surface area (Å²) in [6.45, 7) is 11.6. The highest BCUT2D eigenvalue weighted by molar-refractivity contribution is 5.89. The van der Waals surface area contributed by atoms with Crippen molar-refractivity contribution in [3.8, 4) is 0 Å². The van der Waals surface area contributed by atoms with Crippen molar-refractivity contribution in [2.75, 3.05) is 0 Å². The molecule has 0 aliphatic rings. The molecule has 2 nitrogen and oxygen atoms in total. The molecule has 0 aliphatic heterocycles. The standard InChI is InChI=1S/C11H20O2/c1-7-9(11(4,5)6)10(12)13-8(2)3/h7-8H,1-6H3/b9-7-. The van der Waals surface area contributed by atoms with E-state index < -0.39 is 0 Å². The second kappa shape index (κ2) is 4.45. The largest absolute Gasteiger partial charge is 0.460 e. The molecule has 0 aromatic heterocycles. The molecule has 0 saturated carbocycles. The average Bonchev–Trinajstić information content (AvgIpc) is 1.82. The molecule has 0 aromatic rings. The number of carbonyl (C=O) groups excluding carboxylic acids is 1. The predicted molar refractivity (Wildman–Crippen MR) is 54.4 cm³/mol. The number of esters is 1. The lowest BCUT2D eigenvalue weighted by Gasteiger charge is -2.22. The van der Waals surface area contributed by atoms with Crippen LogP contribution in [-0.2, 0) is 9.53 Å². The van der Waals surface area contributed by atoms with Crippen LogP contribution in [0.25, 0.3) is 0 Å². The van der Waals surface area contributed by atoms with Crippen LogP contribution in [0.2, 0.25) is 0 Å². The molecule has 0 atom stereocenters. The van der Waals surface area contributed by atoms with Gasteiger partial charge in [-0.15, -0.1) is 0 Å². The minimum absolute atomic E-state index is 0.0511. The van der Waals surface area contributed by atoms with Crippen molar-refractivity contribution in [3.63, 3.8) is 0 Å². The highest BCUT2D eigenvalue weighted by Crippen LogP contribution is 2.26. The van der Waals surface area contributed by atoms with E-state index in [0.29, 0.717) is 0 Å². The number of allylic oxidation sites excluding steroid dienone is 1. The molecule has 0 aromatic carbocycles. The maximum Gasteiger partial charge on any atom is 0.334 e. The SMILES string of the molecule is C/C=C(/C(=O)OC(C)C)C(C)(C)C. The zero-order valence-corrected chi connectivity index (χ0v) is 9.47. The molecule has 0 unspecified atom stereocenters. The van der Waals surface area contributed by atoms with E-state index >= 15 is 0 Å². The monoisotopic (exact) mass is 184 g/mol. The third-order valence-electron chi connectivity index (χ3n) is 1.66. The molecule has 0 spiro atoms. The Kier molecular flexibility index (Phi) is 4.18. The number of hydrogen-bond acceptors (Lipinski definition) is 2. The van der Waals surface area contributed by atoms with Gasteiger partial charge in [0.2, 0.25) is 0 Å². The van der Waals surface area contributed by atoms with Crippen molar-refractivity contribution >= 4 is 5.97 Å². The summed E-state index contributed by atoms with van der Waals surface area (Å²) >= 11 is 0. The number of rotatable bonds is 2. The molecule has 0 heterocycles. The van der Waals surface area contributed by atoms with Crippen LogP contribution >= 0.6 is 0 Å². The average molecular weight is 184 g/mol. The zero-order valence-electron chi connectivity index (χ0n) is 9.47. The van der Waals surface area contributed by atoms with Gasteiger partial charge in [0.15, 0.2) is 0 Å². The second-order valence-corrected chi connectivity index (χ2v) is 4.41. The van der Waals surface area contributed by atoms with Crippen LogP contribution in [-0.4, -0.2) is 12.1 Å². The topological polar surface area (TPSA) is 26.3 Å². The number of carbonyl (C=O) groups is 1. The molecule has 0 saturated heterocycles. The van der Waals surface area contributed by atoms with Crippen LogP contribution in [0.15, 0.2) is 11.6 Å². The lowest BCUT2D eigenvalue weighted by Crippen LogP contribution is -2.22. The molecule has 0 N–H and O–H groups in total. The Labute approximate surface area is 81.0 Å². The first kappa shape index (κ1) is 12.2. The predicted octanol–water partition coefficient (Wildman–Crippen LogP) is 2.93. The first-order chi connectivity index (χ1) is 5.79. The van der Waals surface area contributed by atoms with E-state index in [0.717, 1.165) is 5.57 Å². The fraction of sp³-hybridized carbons (Fsp3) is 0.727. The van der Waals surface area contributed by atoms with Crippen molar-refractivity contribution in [2.45, 2.75) is 47.6 Å². The lowest BCUT2D eigenvalue weighted by atomic mass is 9.86. The smallest absolute Gasteiger partial charge is 0.334 e. The van der Waals surface area contributed by atoms with E-state index in [2.05, 4.69) is 0 Å². The van der Waals surface area contributed by atoms with E-state index in [9.17, 15) is 4.79 Å². The molecule has 0 aliphatic carbocycles. The molecule has 0 rings (SSSR count). The minimum atomic E-state index is -0.204. The Hall–Kier alpha value is -0.790. The molecular formula is C11H20O2. The summed E-state index contributed by atoms with van der Waals surface area (Å²) in [5.41, 5.74) is 0.599. The van der Waals surface area contributed by atoms with E-state index in [-0.39, 0.29) is 17.5 Å². The molecule has 0 radical (unpaired) electrons. The fourth-order valence-electron chi connectivity index (χ4n) is 1.13. The summed E-state index contributed by atoms with van der Waals surface area (Å²) in [5, 5.41) is 0. The van der Waals surface area contributed by atoms with Crippen LogP contribution in [0.4, 0.5) is 0 Å². The van der Waals surface area contributed by atoms with Gasteiger partial charge >= 0.3 is 5.97 Å². The molecule has 76 valence electrons. The van der Waals surface area contributed by atoms with E-state index in [1.807, 2.05) is 47.6 Å². The quantitative estimate of drug-likeness (QED) is 0.487. The molecule has 0 amide bonds. The van der Waals surface area contributed by atoms with Gasteiger partial charge in [0, 0.05) is 5.57 Å². The summed E-state index contributed by atoms with van der Waals surface area (Å²) in [6.07, 6.45) is 1.77. The van der Waals surface area contributed by atoms with E-state index in [4.69, 9.17) is 4.74 Å². The van der Waals surface area contributed by atoms with Crippen molar-refractivity contribution in [3.05, 3.63) is 11.6 Å². The highest BCUT2D eigenvalue weighted by Gasteiger charge is 2.24. The Bertz CT molecular complexity index is 207. The summed E-state index contributed by atoms with van der Waals surface area (Å²) in [5.74, 6) is -0.204. The van der Waals surface area contributed by atoms with Crippen molar-refractivity contribution < 1.29 is 9.53 Å². The fourth-order valence-corrected chi connectivity index (χ4v) is 1.13. The molecule has 2 heteroatoms. The van der Waals surface area contributed by atoms with Crippen molar-refractivity contribution in [2.24, 2.45) is 5.41 Å². The summed E-state index contributed by atoms with van der Waals surface area (Å²) in [4.78, 5) is 11.5. The van der Waals surface area contributed by atoms with Crippen LogP contribution in [0, 0.1) is 5.41 Å². The van der Waals surface area contributed by atoms with E-state index in [1.165, 1.54) is 0 Å². The molecule has 0 fully saturated rings. The van der Waals surface area contributed by atoms with Crippen LogP contribution in [0.5, 0.6) is 0 Å². The Balaban J connectivity index is 4.55. The van der Waals surface area contributed by atoms with Gasteiger partial charge in [-0.1, -0.05) is 26.8 Å². The normalized spacial score (nSPS) is 13.3. The minimum Gasteiger partial charge on any atom is -0.460 e. The number of hydrogen-bond donors (Lipinski definition) is 0. The molecule has 13 heavy (non-hydrogen) atoms. The van der Waals surface area contributed by atoms with Crippen LogP contribution in [0.1, 0.15) is 41.5 Å². The molecule has 0 bridgehead atoms. The first-order valence-corrected chi connectivity index (χ1v) is 4.66. The van der Waals surface area contributed by atoms with Gasteiger partial charge in [-0.05, 0) is 26.2 Å². The van der Waals surface area contributed by atoms with Gasteiger partial charge in [0.05, 0.1) is 6.10 Å². The van der Waals surface area contributed by atoms with Gasteiger partial charge in [-0.2, -0.15) is 0 Å². The van der Waals surface area contributed by atoms with Gasteiger partial charge < -0.3 is 4.74 Å². The van der Waals surface area contributed by atoms with Crippen molar-refractivity contribution in [1.82, 2.24) is 0 Å². The van der Waals surface area contributed by atoms with Gasteiger partial charge in [-0.3, -0.25) is 0 Å². The Morgan fingerprint density at radius 1 is 1.31 bits per heavy atom. The van der Waals surface area contributed by atoms with Gasteiger partial charge in [0.25, 0.3) is 0 Å². The first-order valence-electron chi connectivity index (χ1n) is 4.66. The second-order valence-electron chi connectivity index (χ2n) is 4.41. The third-order valence-corrected chi connectivity index (χ3v) is 1.66. The Morgan fingerprint density at radius 2 is 1.77 bits per heavy atom. The van der Waals surface area contributed by atoms with Crippen LogP contribution in [0.3, 0.4) is 0 Å². The van der Waals surface area contributed by atoms with Gasteiger partial charge in [-0.25, -0.2) is 4.79 Å². The summed E-state index contributed by atoms with van der Waals surface area (Å²) in [7, 11) is 0.